The topological polar surface area (TPSA) is 60.5 Å². The minimum Gasteiger partial charge on any atom is -0.490 e. The molecular formula is C17H18N2O3S. The third-order valence-corrected chi connectivity index (χ3v) is 4.37. The molecule has 0 spiro atoms. The van der Waals surface area contributed by atoms with E-state index in [0.29, 0.717) is 24.7 Å². The molecule has 1 atom stereocenters. The molecule has 1 aromatic heterocycles. The lowest BCUT2D eigenvalue weighted by Crippen LogP contribution is -2.22. The lowest BCUT2D eigenvalue weighted by Gasteiger charge is -2.13. The van der Waals surface area contributed by atoms with Crippen molar-refractivity contribution in [2.75, 3.05) is 18.5 Å². The van der Waals surface area contributed by atoms with E-state index in [4.69, 9.17) is 9.47 Å². The molecule has 1 amide bonds. The van der Waals surface area contributed by atoms with Crippen molar-refractivity contribution >= 4 is 23.4 Å². The normalized spacial score (nSPS) is 14.7. The number of carbonyl (C=O) groups is 1. The first-order valence-corrected chi connectivity index (χ1v) is 8.38. The fourth-order valence-electron chi connectivity index (χ4n) is 2.14. The highest BCUT2D eigenvalue weighted by Gasteiger charge is 2.17. The summed E-state index contributed by atoms with van der Waals surface area (Å²) < 4.78 is 11.2. The summed E-state index contributed by atoms with van der Waals surface area (Å²) in [7, 11) is 0. The molecule has 0 saturated heterocycles. The zero-order valence-electron chi connectivity index (χ0n) is 12.8. The molecule has 120 valence electrons. The maximum atomic E-state index is 12.3. The van der Waals surface area contributed by atoms with Gasteiger partial charge in [0.15, 0.2) is 11.5 Å². The maximum absolute atomic E-state index is 12.3. The Labute approximate surface area is 139 Å². The second-order valence-corrected chi connectivity index (χ2v) is 6.49. The summed E-state index contributed by atoms with van der Waals surface area (Å²) in [5.74, 6) is 1.32. The average Bonchev–Trinajstić information content (AvgIpc) is 2.80. The lowest BCUT2D eigenvalue weighted by atomic mass is 10.2. The van der Waals surface area contributed by atoms with Gasteiger partial charge in [-0.2, -0.15) is 0 Å². The number of ether oxygens (including phenoxy) is 2. The molecule has 23 heavy (non-hydrogen) atoms. The van der Waals surface area contributed by atoms with Crippen molar-refractivity contribution in [1.82, 2.24) is 4.98 Å². The molecule has 5 nitrogen and oxygen atoms in total. The van der Waals surface area contributed by atoms with E-state index in [1.165, 1.54) is 11.8 Å². The first kappa shape index (κ1) is 15.7. The number of amides is 1. The molecule has 0 radical (unpaired) electrons. The standard InChI is InChI=1S/C17H18N2O3S/c1-12(23-16-5-2-3-8-18-16)17(20)19-13-6-7-14-15(11-13)22-10-4-9-21-14/h2-3,5-8,11-12H,4,9-10H2,1H3,(H,19,20)/t12-/m1/s1. The molecular weight excluding hydrogens is 312 g/mol. The van der Waals surface area contributed by atoms with Gasteiger partial charge in [-0.05, 0) is 31.2 Å². The molecule has 1 aliphatic heterocycles. The van der Waals surface area contributed by atoms with Crippen molar-refractivity contribution in [3.8, 4) is 11.5 Å². The number of thioether (sulfide) groups is 1. The van der Waals surface area contributed by atoms with E-state index >= 15 is 0 Å². The molecule has 1 N–H and O–H groups in total. The largest absolute Gasteiger partial charge is 0.490 e. The molecule has 0 fully saturated rings. The summed E-state index contributed by atoms with van der Waals surface area (Å²) in [6.07, 6.45) is 2.57. The van der Waals surface area contributed by atoms with Gasteiger partial charge in [-0.1, -0.05) is 17.8 Å². The number of hydrogen-bond acceptors (Lipinski definition) is 5. The monoisotopic (exact) mass is 330 g/mol. The number of pyridine rings is 1. The van der Waals surface area contributed by atoms with E-state index < -0.39 is 0 Å². The van der Waals surface area contributed by atoms with Crippen LogP contribution in [0.3, 0.4) is 0 Å². The van der Waals surface area contributed by atoms with Crippen LogP contribution in [0.2, 0.25) is 0 Å². The average molecular weight is 330 g/mol. The third-order valence-electron chi connectivity index (χ3n) is 3.32. The summed E-state index contributed by atoms with van der Waals surface area (Å²) in [5, 5.41) is 3.49. The summed E-state index contributed by atoms with van der Waals surface area (Å²) in [5.41, 5.74) is 0.702. The highest BCUT2D eigenvalue weighted by Crippen LogP contribution is 2.32. The quantitative estimate of drug-likeness (QED) is 0.871. The second-order valence-electron chi connectivity index (χ2n) is 5.13. The van der Waals surface area contributed by atoms with Gasteiger partial charge in [0.2, 0.25) is 5.91 Å². The van der Waals surface area contributed by atoms with Crippen molar-refractivity contribution in [2.45, 2.75) is 23.6 Å². The fourth-order valence-corrected chi connectivity index (χ4v) is 2.94. The van der Waals surface area contributed by atoms with Crippen LogP contribution in [0.15, 0.2) is 47.6 Å². The number of benzene rings is 1. The number of nitrogens with one attached hydrogen (secondary N) is 1. The first-order chi connectivity index (χ1) is 11.2. The van der Waals surface area contributed by atoms with Crippen LogP contribution in [0, 0.1) is 0 Å². The van der Waals surface area contributed by atoms with Crippen molar-refractivity contribution in [3.63, 3.8) is 0 Å². The number of anilines is 1. The van der Waals surface area contributed by atoms with Crippen LogP contribution in [0.1, 0.15) is 13.3 Å². The van der Waals surface area contributed by atoms with Gasteiger partial charge >= 0.3 is 0 Å². The van der Waals surface area contributed by atoms with Crippen LogP contribution < -0.4 is 14.8 Å². The van der Waals surface area contributed by atoms with E-state index in [1.807, 2.05) is 37.3 Å². The Morgan fingerprint density at radius 2 is 2.04 bits per heavy atom. The van der Waals surface area contributed by atoms with Gasteiger partial charge in [0, 0.05) is 24.4 Å². The second kappa shape index (κ2) is 7.37. The Balaban J connectivity index is 1.64. The van der Waals surface area contributed by atoms with Crippen LogP contribution >= 0.6 is 11.8 Å². The number of hydrogen-bond donors (Lipinski definition) is 1. The lowest BCUT2D eigenvalue weighted by molar-refractivity contribution is -0.115. The summed E-state index contributed by atoms with van der Waals surface area (Å²) in [4.78, 5) is 16.5. The van der Waals surface area contributed by atoms with E-state index in [2.05, 4.69) is 10.3 Å². The van der Waals surface area contributed by atoms with Gasteiger partial charge in [-0.3, -0.25) is 4.79 Å². The Kier molecular flexibility index (Phi) is 5.02. The van der Waals surface area contributed by atoms with E-state index in [0.717, 1.165) is 17.2 Å². The molecule has 0 unspecified atom stereocenters. The summed E-state index contributed by atoms with van der Waals surface area (Å²) >= 11 is 1.42. The van der Waals surface area contributed by atoms with Crippen LogP contribution in [0.5, 0.6) is 11.5 Å². The zero-order chi connectivity index (χ0) is 16.1. The molecule has 0 bridgehead atoms. The molecule has 0 aliphatic carbocycles. The van der Waals surface area contributed by atoms with Crippen molar-refractivity contribution in [1.29, 1.82) is 0 Å². The number of fused-ring (bicyclic) bond motifs is 1. The SMILES string of the molecule is C[C@@H](Sc1ccccn1)C(=O)Nc1ccc2c(c1)OCCCO2. The number of rotatable bonds is 4. The molecule has 6 heteroatoms. The van der Waals surface area contributed by atoms with Gasteiger partial charge in [-0.25, -0.2) is 4.98 Å². The smallest absolute Gasteiger partial charge is 0.237 e. The predicted octanol–water partition coefficient (Wildman–Crippen LogP) is 3.36. The molecule has 2 aromatic rings. The Bertz CT molecular complexity index is 679. The highest BCUT2D eigenvalue weighted by molar-refractivity contribution is 8.00. The van der Waals surface area contributed by atoms with Crippen LogP contribution in [0.25, 0.3) is 0 Å². The van der Waals surface area contributed by atoms with Crippen LogP contribution in [-0.4, -0.2) is 29.4 Å². The molecule has 1 aromatic carbocycles. The number of aromatic nitrogens is 1. The van der Waals surface area contributed by atoms with E-state index in [1.54, 1.807) is 12.3 Å². The van der Waals surface area contributed by atoms with Crippen molar-refractivity contribution in [3.05, 3.63) is 42.6 Å². The van der Waals surface area contributed by atoms with Crippen molar-refractivity contribution in [2.24, 2.45) is 0 Å². The molecule has 2 heterocycles. The fraction of sp³-hybridized carbons (Fsp3) is 0.294. The van der Waals surface area contributed by atoms with Gasteiger partial charge in [0.05, 0.1) is 23.5 Å². The number of nitrogens with zero attached hydrogens (tertiary/aromatic N) is 1. The Hall–Kier alpha value is -2.21. The Morgan fingerprint density at radius 1 is 1.22 bits per heavy atom. The zero-order valence-corrected chi connectivity index (χ0v) is 13.6. The first-order valence-electron chi connectivity index (χ1n) is 7.50. The molecule has 1 aliphatic rings. The molecule has 3 rings (SSSR count). The van der Waals surface area contributed by atoms with E-state index in [-0.39, 0.29) is 11.2 Å². The minimum absolute atomic E-state index is 0.0739. The van der Waals surface area contributed by atoms with Gasteiger partial charge < -0.3 is 14.8 Å². The third kappa shape index (κ3) is 4.16. The molecule has 0 saturated carbocycles. The van der Waals surface area contributed by atoms with Gasteiger partial charge in [0.1, 0.15) is 0 Å². The summed E-state index contributed by atoms with van der Waals surface area (Å²) in [6.45, 7) is 3.13. The van der Waals surface area contributed by atoms with Gasteiger partial charge in [0.25, 0.3) is 0 Å². The van der Waals surface area contributed by atoms with Gasteiger partial charge in [-0.15, -0.1) is 0 Å². The Morgan fingerprint density at radius 3 is 2.83 bits per heavy atom. The van der Waals surface area contributed by atoms with Crippen molar-refractivity contribution < 1.29 is 14.3 Å². The summed E-state index contributed by atoms with van der Waals surface area (Å²) in [6, 6.07) is 11.1. The minimum atomic E-state index is -0.249. The number of carbonyl (C=O) groups excluding carboxylic acids is 1. The van der Waals surface area contributed by atoms with Crippen LogP contribution in [0.4, 0.5) is 5.69 Å². The maximum Gasteiger partial charge on any atom is 0.237 e. The van der Waals surface area contributed by atoms with Crippen LogP contribution in [-0.2, 0) is 4.79 Å². The van der Waals surface area contributed by atoms with E-state index in [9.17, 15) is 4.79 Å². The highest BCUT2D eigenvalue weighted by atomic mass is 32.2. The predicted molar refractivity (Wildman–Crippen MR) is 90.2 cm³/mol.